The van der Waals surface area contributed by atoms with E-state index in [0.717, 1.165) is 0 Å². The average molecular weight is 186 g/mol. The van der Waals surface area contributed by atoms with Gasteiger partial charge < -0.3 is 0 Å². The third-order valence-electron chi connectivity index (χ3n) is 0.885. The second kappa shape index (κ2) is 3.42. The molecule has 0 bridgehead atoms. The minimum absolute atomic E-state index is 2.44. The second-order valence-corrected chi connectivity index (χ2v) is 1.77. The fraction of sp³-hybridized carbons (Fsp3) is 0.400. The number of carbonyl (C=O) groups is 3. The Kier molecular flexibility index (Phi) is 3.06. The van der Waals surface area contributed by atoms with Gasteiger partial charge in [-0.3, -0.25) is 14.4 Å². The zero-order valence-electron chi connectivity index (χ0n) is 5.44. The lowest BCUT2D eigenvalue weighted by molar-refractivity contribution is -0.159. The van der Waals surface area contributed by atoms with Gasteiger partial charge in [0.25, 0.3) is 5.78 Å². The normalized spacial score (nSPS) is 11.0. The zero-order valence-corrected chi connectivity index (χ0v) is 5.44. The maximum atomic E-state index is 11.9. The van der Waals surface area contributed by atoms with Crippen molar-refractivity contribution in [1.29, 1.82) is 0 Å². The smallest absolute Gasteiger partial charge is 0.283 e. The Balaban J connectivity index is 4.62. The summed E-state index contributed by atoms with van der Waals surface area (Å²) in [5, 5.41) is 0. The lowest BCUT2D eigenvalue weighted by Gasteiger charge is -2.06. The zero-order chi connectivity index (χ0) is 9.94. The Hall–Kier alpha value is -1.27. The molecule has 0 atom stereocenters. The van der Waals surface area contributed by atoms with Crippen LogP contribution in [0.5, 0.6) is 0 Å². The first-order chi connectivity index (χ1) is 5.33. The quantitative estimate of drug-likeness (QED) is 0.273. The molecule has 0 unspecified atom stereocenters. The molecule has 0 heterocycles. The van der Waals surface area contributed by atoms with E-state index in [1.165, 1.54) is 0 Å². The van der Waals surface area contributed by atoms with Gasteiger partial charge in [0.05, 0.1) is 0 Å². The van der Waals surface area contributed by atoms with Gasteiger partial charge in [-0.15, -0.1) is 0 Å². The van der Waals surface area contributed by atoms with Gasteiger partial charge in [0.1, 0.15) is 0 Å². The maximum absolute atomic E-state index is 11.9. The summed E-state index contributed by atoms with van der Waals surface area (Å²) in [7, 11) is 0. The highest BCUT2D eigenvalue weighted by Crippen LogP contribution is 2.15. The molecule has 7 heteroatoms. The third kappa shape index (κ3) is 2.11. The topological polar surface area (TPSA) is 51.2 Å². The molecule has 0 aromatic carbocycles. The van der Waals surface area contributed by atoms with Crippen molar-refractivity contribution in [2.75, 3.05) is 6.67 Å². The van der Waals surface area contributed by atoms with Crippen molar-refractivity contribution in [2.45, 2.75) is 5.92 Å². The van der Waals surface area contributed by atoms with Gasteiger partial charge in [-0.1, -0.05) is 0 Å². The van der Waals surface area contributed by atoms with Crippen LogP contribution in [0, 0.1) is 0 Å². The molecular formula is C5H2F4O3. The summed E-state index contributed by atoms with van der Waals surface area (Å²) in [6.45, 7) is -2.44. The number of Topliss-reactive ketones (excluding diaryl/α,β-unsaturated/α-hetero) is 2. The molecule has 68 valence electrons. The van der Waals surface area contributed by atoms with E-state index in [1.807, 2.05) is 0 Å². The predicted octanol–water partition coefficient (Wildman–Crippen LogP) is 0.225. The lowest BCUT2D eigenvalue weighted by Crippen LogP contribution is -2.39. The molecule has 0 rings (SSSR count). The van der Waals surface area contributed by atoms with E-state index < -0.39 is 30.2 Å². The van der Waals surface area contributed by atoms with Gasteiger partial charge in [0.2, 0.25) is 0 Å². The molecule has 0 spiro atoms. The number of alkyl halides is 3. The number of halogens is 4. The molecule has 0 aliphatic heterocycles. The molecule has 0 radical (unpaired) electrons. The fourth-order valence-electron chi connectivity index (χ4n) is 0.316. The Morgan fingerprint density at radius 1 is 1.17 bits per heavy atom. The van der Waals surface area contributed by atoms with E-state index in [4.69, 9.17) is 0 Å². The van der Waals surface area contributed by atoms with Crippen LogP contribution in [-0.2, 0) is 14.4 Å². The number of ketones is 2. The molecule has 0 fully saturated rings. The number of hydrogen-bond acceptors (Lipinski definition) is 3. The van der Waals surface area contributed by atoms with Crippen LogP contribution >= 0.6 is 0 Å². The largest absolute Gasteiger partial charge is 0.375 e. The van der Waals surface area contributed by atoms with Crippen LogP contribution in [-0.4, -0.2) is 30.2 Å². The Labute approximate surface area is 63.3 Å². The molecule has 0 aliphatic rings. The van der Waals surface area contributed by atoms with Crippen LogP contribution in [0.25, 0.3) is 0 Å². The molecule has 12 heavy (non-hydrogen) atoms. The molecular weight excluding hydrogens is 184 g/mol. The maximum Gasteiger partial charge on any atom is 0.375 e. The number of hydrogen-bond donors (Lipinski definition) is 0. The van der Waals surface area contributed by atoms with Gasteiger partial charge in [0, 0.05) is 0 Å². The van der Waals surface area contributed by atoms with Crippen LogP contribution in [0.1, 0.15) is 0 Å². The summed E-state index contributed by atoms with van der Waals surface area (Å²) in [6.07, 6.45) is 0. The highest BCUT2D eigenvalue weighted by Gasteiger charge is 2.45. The van der Waals surface area contributed by atoms with Crippen molar-refractivity contribution in [1.82, 2.24) is 0 Å². The summed E-state index contributed by atoms with van der Waals surface area (Å²) in [5.41, 5.74) is 0. The molecule has 0 aliphatic carbocycles. The first-order valence-corrected chi connectivity index (χ1v) is 2.55. The van der Waals surface area contributed by atoms with Crippen molar-refractivity contribution in [3.05, 3.63) is 0 Å². The van der Waals surface area contributed by atoms with Crippen molar-refractivity contribution >= 4 is 17.6 Å². The number of rotatable bonds is 4. The first kappa shape index (κ1) is 10.7. The Morgan fingerprint density at radius 3 is 1.83 bits per heavy atom. The summed E-state index contributed by atoms with van der Waals surface area (Å²) in [5.74, 6) is -9.83. The third-order valence-corrected chi connectivity index (χ3v) is 0.885. The number of carbonyl (C=O) groups excluding carboxylic acids is 3. The summed E-state index contributed by atoms with van der Waals surface area (Å²) < 4.78 is 46.4. The highest BCUT2D eigenvalue weighted by molar-refractivity contribution is 6.63. The van der Waals surface area contributed by atoms with E-state index in [-0.39, 0.29) is 0 Å². The van der Waals surface area contributed by atoms with Crippen LogP contribution in [0.3, 0.4) is 0 Å². The molecule has 3 nitrogen and oxygen atoms in total. The van der Waals surface area contributed by atoms with Crippen LogP contribution < -0.4 is 0 Å². The van der Waals surface area contributed by atoms with Crippen LogP contribution in [0.2, 0.25) is 0 Å². The standard InChI is InChI=1S/C5H2F4O3/c6-1-5(8,9)3(11)2(10)4(7)12/h1H2. The van der Waals surface area contributed by atoms with Gasteiger partial charge in [-0.25, -0.2) is 4.39 Å². The van der Waals surface area contributed by atoms with E-state index in [0.29, 0.717) is 0 Å². The van der Waals surface area contributed by atoms with Gasteiger partial charge in [-0.2, -0.15) is 13.2 Å². The summed E-state index contributed by atoms with van der Waals surface area (Å²) >= 11 is 0. The fourth-order valence-corrected chi connectivity index (χ4v) is 0.316. The van der Waals surface area contributed by atoms with E-state index in [9.17, 15) is 31.9 Å². The van der Waals surface area contributed by atoms with Crippen LogP contribution in [0.15, 0.2) is 0 Å². The monoisotopic (exact) mass is 186 g/mol. The molecule has 0 aromatic rings. The molecule has 0 saturated carbocycles. The van der Waals surface area contributed by atoms with Crippen molar-refractivity contribution in [2.24, 2.45) is 0 Å². The molecule has 0 saturated heterocycles. The van der Waals surface area contributed by atoms with Crippen molar-refractivity contribution in [3.8, 4) is 0 Å². The van der Waals surface area contributed by atoms with Crippen molar-refractivity contribution in [3.63, 3.8) is 0 Å². The Bertz CT molecular complexity index is 235. The van der Waals surface area contributed by atoms with Crippen molar-refractivity contribution < 1.29 is 31.9 Å². The summed E-state index contributed by atoms with van der Waals surface area (Å²) in [4.78, 5) is 29.4. The Morgan fingerprint density at radius 2 is 1.58 bits per heavy atom. The van der Waals surface area contributed by atoms with E-state index in [1.54, 1.807) is 0 Å². The van der Waals surface area contributed by atoms with Gasteiger partial charge in [-0.05, 0) is 0 Å². The molecule has 0 N–H and O–H groups in total. The van der Waals surface area contributed by atoms with E-state index >= 15 is 0 Å². The van der Waals surface area contributed by atoms with E-state index in [2.05, 4.69) is 0 Å². The minimum Gasteiger partial charge on any atom is -0.283 e. The minimum atomic E-state index is -4.61. The van der Waals surface area contributed by atoms with Gasteiger partial charge in [0.15, 0.2) is 6.67 Å². The second-order valence-electron chi connectivity index (χ2n) is 1.77. The lowest BCUT2D eigenvalue weighted by atomic mass is 10.1. The van der Waals surface area contributed by atoms with Crippen LogP contribution in [0.4, 0.5) is 17.6 Å². The predicted molar refractivity (Wildman–Crippen MR) is 27.1 cm³/mol. The average Bonchev–Trinajstić information content (AvgIpc) is 2.01. The highest BCUT2D eigenvalue weighted by atomic mass is 19.3. The molecule has 0 amide bonds. The molecule has 0 aromatic heterocycles. The summed E-state index contributed by atoms with van der Waals surface area (Å²) in [6, 6.07) is -2.83. The SMILES string of the molecule is O=C(F)C(=O)C(=O)C(F)(F)CF. The van der Waals surface area contributed by atoms with Gasteiger partial charge >= 0.3 is 17.7 Å². The first-order valence-electron chi connectivity index (χ1n) is 2.55.